The molecule has 5 heteroatoms. The van der Waals surface area contributed by atoms with Crippen LogP contribution >= 0.6 is 0 Å². The van der Waals surface area contributed by atoms with Crippen molar-refractivity contribution in [3.63, 3.8) is 0 Å². The maximum Gasteiger partial charge on any atom is 0.137 e. The minimum absolute atomic E-state index is 0.222. The van der Waals surface area contributed by atoms with Gasteiger partial charge in [-0.1, -0.05) is 30.3 Å². The summed E-state index contributed by atoms with van der Waals surface area (Å²) in [7, 11) is 0. The molecule has 0 aliphatic carbocycles. The highest BCUT2D eigenvalue weighted by Crippen LogP contribution is 2.23. The van der Waals surface area contributed by atoms with Gasteiger partial charge in [0.1, 0.15) is 12.7 Å². The number of aromatic nitrogens is 3. The fourth-order valence-corrected chi connectivity index (χ4v) is 3.18. The Balaban J connectivity index is 1.41. The van der Waals surface area contributed by atoms with Crippen LogP contribution in [-0.4, -0.2) is 50.5 Å². The van der Waals surface area contributed by atoms with Crippen LogP contribution < -0.4 is 0 Å². The topological polar surface area (TPSA) is 54.2 Å². The summed E-state index contributed by atoms with van der Waals surface area (Å²) >= 11 is 0. The molecular weight excluding hydrogens is 276 g/mol. The largest absolute Gasteiger partial charge is 0.392 e. The quantitative estimate of drug-likeness (QED) is 0.880. The first-order valence-corrected chi connectivity index (χ1v) is 8.08. The molecule has 0 radical (unpaired) electrons. The molecule has 1 aromatic carbocycles. The number of benzene rings is 1. The molecule has 2 aromatic rings. The maximum absolute atomic E-state index is 10.5. The molecule has 1 N–H and O–H groups in total. The Labute approximate surface area is 131 Å². The lowest BCUT2D eigenvalue weighted by Gasteiger charge is -2.34. The summed E-state index contributed by atoms with van der Waals surface area (Å²) in [5.41, 5.74) is 1.23. The van der Waals surface area contributed by atoms with Crippen molar-refractivity contribution in [2.45, 2.75) is 31.9 Å². The number of aliphatic hydroxyl groups excluding tert-OH is 1. The molecule has 0 bridgehead atoms. The van der Waals surface area contributed by atoms with Crippen LogP contribution in [0.4, 0.5) is 0 Å². The van der Waals surface area contributed by atoms with Gasteiger partial charge in [0.05, 0.1) is 12.6 Å². The highest BCUT2D eigenvalue weighted by Gasteiger charge is 2.25. The van der Waals surface area contributed by atoms with Crippen LogP contribution in [0.5, 0.6) is 0 Å². The van der Waals surface area contributed by atoms with Gasteiger partial charge in [0.25, 0.3) is 0 Å². The Morgan fingerprint density at radius 1 is 1.14 bits per heavy atom. The lowest BCUT2D eigenvalue weighted by molar-refractivity contribution is 0.0585. The molecule has 1 atom stereocenters. The van der Waals surface area contributed by atoms with Crippen LogP contribution in [0.15, 0.2) is 43.0 Å². The van der Waals surface area contributed by atoms with E-state index in [9.17, 15) is 5.11 Å². The van der Waals surface area contributed by atoms with E-state index >= 15 is 0 Å². The maximum atomic E-state index is 10.5. The van der Waals surface area contributed by atoms with E-state index in [1.807, 2.05) is 22.9 Å². The van der Waals surface area contributed by atoms with Gasteiger partial charge >= 0.3 is 0 Å². The zero-order chi connectivity index (χ0) is 15.2. The van der Waals surface area contributed by atoms with Crippen LogP contribution in [0.3, 0.4) is 0 Å². The standard InChI is InChI=1S/C17H24N4O/c22-17(12-15-4-2-1-3-5-15)16-6-8-20(9-7-16)10-11-21-14-18-13-19-21/h1-5,13-14,16-17,22H,6-12H2/t17-/m0/s1. The summed E-state index contributed by atoms with van der Waals surface area (Å²) in [6.45, 7) is 4.01. The third-order valence-electron chi connectivity index (χ3n) is 4.58. The fourth-order valence-electron chi connectivity index (χ4n) is 3.18. The van der Waals surface area contributed by atoms with Gasteiger partial charge in [-0.05, 0) is 43.8 Å². The predicted octanol–water partition coefficient (Wildman–Crippen LogP) is 1.59. The van der Waals surface area contributed by atoms with Crippen molar-refractivity contribution in [2.75, 3.05) is 19.6 Å². The predicted molar refractivity (Wildman–Crippen MR) is 85.3 cm³/mol. The third kappa shape index (κ3) is 4.15. The number of piperidine rings is 1. The number of rotatable bonds is 6. The van der Waals surface area contributed by atoms with Gasteiger partial charge in [0, 0.05) is 6.54 Å². The van der Waals surface area contributed by atoms with Crippen molar-refractivity contribution in [2.24, 2.45) is 5.92 Å². The Kier molecular flexibility index (Phi) is 5.19. The van der Waals surface area contributed by atoms with Crippen LogP contribution in [0.1, 0.15) is 18.4 Å². The molecule has 1 aromatic heterocycles. The van der Waals surface area contributed by atoms with Gasteiger partial charge < -0.3 is 10.0 Å². The van der Waals surface area contributed by atoms with E-state index < -0.39 is 0 Å². The third-order valence-corrected chi connectivity index (χ3v) is 4.58. The molecule has 5 nitrogen and oxygen atoms in total. The average Bonchev–Trinajstić information content (AvgIpc) is 3.08. The van der Waals surface area contributed by atoms with Gasteiger partial charge in [0.15, 0.2) is 0 Å². The van der Waals surface area contributed by atoms with Crippen LogP contribution in [0, 0.1) is 5.92 Å². The zero-order valence-electron chi connectivity index (χ0n) is 12.9. The van der Waals surface area contributed by atoms with E-state index in [1.54, 1.807) is 12.7 Å². The van der Waals surface area contributed by atoms with E-state index in [1.165, 1.54) is 5.56 Å². The van der Waals surface area contributed by atoms with Crippen molar-refractivity contribution in [3.8, 4) is 0 Å². The Bertz CT molecular complexity index is 535. The number of hydrogen-bond donors (Lipinski definition) is 1. The second kappa shape index (κ2) is 7.51. The van der Waals surface area contributed by atoms with E-state index in [2.05, 4.69) is 27.1 Å². The molecule has 118 valence electrons. The normalized spacial score (nSPS) is 18.4. The summed E-state index contributed by atoms with van der Waals surface area (Å²) in [6, 6.07) is 10.3. The minimum atomic E-state index is -0.222. The number of hydrogen-bond acceptors (Lipinski definition) is 4. The first-order valence-electron chi connectivity index (χ1n) is 8.08. The summed E-state index contributed by atoms with van der Waals surface area (Å²) < 4.78 is 1.87. The van der Waals surface area contributed by atoms with Gasteiger partial charge in [-0.15, -0.1) is 0 Å². The lowest BCUT2D eigenvalue weighted by atomic mass is 9.88. The van der Waals surface area contributed by atoms with Crippen molar-refractivity contribution in [1.82, 2.24) is 19.7 Å². The van der Waals surface area contributed by atoms with E-state index in [0.29, 0.717) is 5.92 Å². The molecule has 1 fully saturated rings. The van der Waals surface area contributed by atoms with Crippen LogP contribution in [0.25, 0.3) is 0 Å². The molecule has 0 amide bonds. The SMILES string of the molecule is O[C@@H](Cc1ccccc1)C1CCN(CCn2cncn2)CC1. The summed E-state index contributed by atoms with van der Waals surface area (Å²) in [6.07, 6.45) is 6.03. The van der Waals surface area contributed by atoms with Gasteiger partial charge in [-0.25, -0.2) is 4.98 Å². The first-order chi connectivity index (χ1) is 10.8. The molecule has 0 spiro atoms. The number of nitrogens with zero attached hydrogens (tertiary/aromatic N) is 4. The van der Waals surface area contributed by atoms with Crippen molar-refractivity contribution >= 4 is 0 Å². The van der Waals surface area contributed by atoms with E-state index in [-0.39, 0.29) is 6.10 Å². The van der Waals surface area contributed by atoms with E-state index in [0.717, 1.165) is 45.4 Å². The second-order valence-corrected chi connectivity index (χ2v) is 6.09. The minimum Gasteiger partial charge on any atom is -0.392 e. The molecule has 0 saturated carbocycles. The molecule has 2 heterocycles. The molecular formula is C17H24N4O. The molecule has 22 heavy (non-hydrogen) atoms. The van der Waals surface area contributed by atoms with Crippen LogP contribution in [0.2, 0.25) is 0 Å². The second-order valence-electron chi connectivity index (χ2n) is 6.09. The zero-order valence-corrected chi connectivity index (χ0v) is 12.9. The first kappa shape index (κ1) is 15.2. The number of likely N-dealkylation sites (tertiary alicyclic amines) is 1. The summed E-state index contributed by atoms with van der Waals surface area (Å²) in [4.78, 5) is 6.41. The molecule has 1 saturated heterocycles. The average molecular weight is 300 g/mol. The van der Waals surface area contributed by atoms with Crippen molar-refractivity contribution in [3.05, 3.63) is 48.5 Å². The van der Waals surface area contributed by atoms with Gasteiger partial charge in [-0.3, -0.25) is 4.68 Å². The Morgan fingerprint density at radius 3 is 2.59 bits per heavy atom. The Morgan fingerprint density at radius 2 is 1.91 bits per heavy atom. The van der Waals surface area contributed by atoms with E-state index in [4.69, 9.17) is 0 Å². The molecule has 1 aliphatic rings. The van der Waals surface area contributed by atoms with Crippen molar-refractivity contribution < 1.29 is 5.11 Å². The highest BCUT2D eigenvalue weighted by molar-refractivity contribution is 5.15. The smallest absolute Gasteiger partial charge is 0.137 e. The lowest BCUT2D eigenvalue weighted by Crippen LogP contribution is -2.39. The summed E-state index contributed by atoms with van der Waals surface area (Å²) in [5.74, 6) is 0.419. The van der Waals surface area contributed by atoms with Gasteiger partial charge in [-0.2, -0.15) is 5.10 Å². The highest BCUT2D eigenvalue weighted by atomic mass is 16.3. The molecule has 0 unspecified atom stereocenters. The number of aliphatic hydroxyl groups is 1. The molecule has 3 rings (SSSR count). The van der Waals surface area contributed by atoms with Gasteiger partial charge in [0.2, 0.25) is 0 Å². The Hall–Kier alpha value is -1.72. The van der Waals surface area contributed by atoms with Crippen molar-refractivity contribution in [1.29, 1.82) is 0 Å². The molecule has 1 aliphatic heterocycles. The summed E-state index contributed by atoms with van der Waals surface area (Å²) in [5, 5.41) is 14.6. The van der Waals surface area contributed by atoms with Crippen LogP contribution in [-0.2, 0) is 13.0 Å². The fraction of sp³-hybridized carbons (Fsp3) is 0.529. The monoisotopic (exact) mass is 300 g/mol.